The molecule has 0 fully saturated rings. The highest BCUT2D eigenvalue weighted by Gasteiger charge is 2.02. The molecule has 18 heavy (non-hydrogen) atoms. The van der Waals surface area contributed by atoms with Gasteiger partial charge < -0.3 is 10.1 Å². The van der Waals surface area contributed by atoms with Gasteiger partial charge in [0.05, 0.1) is 12.7 Å². The van der Waals surface area contributed by atoms with Crippen LogP contribution in [0.25, 0.3) is 0 Å². The van der Waals surface area contributed by atoms with Crippen molar-refractivity contribution < 1.29 is 9.53 Å². The molecule has 0 saturated heterocycles. The molecule has 1 amide bonds. The van der Waals surface area contributed by atoms with Crippen molar-refractivity contribution in [2.75, 3.05) is 17.8 Å². The fraction of sp³-hybridized carbons (Fsp3) is 0.385. The number of ether oxygens (including phenoxy) is 1. The Morgan fingerprint density at radius 1 is 1.50 bits per heavy atom. The van der Waals surface area contributed by atoms with E-state index < -0.39 is 0 Å². The van der Waals surface area contributed by atoms with Crippen molar-refractivity contribution in [3.8, 4) is 11.8 Å². The predicted molar refractivity (Wildman–Crippen MR) is 70.8 cm³/mol. The Bertz CT molecular complexity index is 429. The maximum Gasteiger partial charge on any atom is 0.225 e. The van der Waals surface area contributed by atoms with Gasteiger partial charge >= 0.3 is 0 Å². The summed E-state index contributed by atoms with van der Waals surface area (Å²) in [5.41, 5.74) is 0.683. The third kappa shape index (κ3) is 5.55. The molecule has 0 bridgehead atoms. The highest BCUT2D eigenvalue weighted by Crippen LogP contribution is 2.17. The largest absolute Gasteiger partial charge is 0.493 e. The van der Waals surface area contributed by atoms with Gasteiger partial charge in [0, 0.05) is 30.5 Å². The summed E-state index contributed by atoms with van der Waals surface area (Å²) in [6.07, 6.45) is 1.46. The van der Waals surface area contributed by atoms with E-state index in [4.69, 9.17) is 21.6 Å². The van der Waals surface area contributed by atoms with Crippen molar-refractivity contribution in [3.05, 3.63) is 24.3 Å². The number of nitrogens with zero attached hydrogens (tertiary/aromatic N) is 1. The number of nitriles is 1. The van der Waals surface area contributed by atoms with E-state index in [1.807, 2.05) is 6.07 Å². The minimum atomic E-state index is -0.119. The van der Waals surface area contributed by atoms with Crippen LogP contribution in [0.4, 0.5) is 5.69 Å². The van der Waals surface area contributed by atoms with E-state index in [2.05, 4.69) is 11.4 Å². The molecule has 0 saturated carbocycles. The molecule has 0 spiro atoms. The van der Waals surface area contributed by atoms with E-state index in [1.54, 1.807) is 18.2 Å². The van der Waals surface area contributed by atoms with E-state index in [1.165, 1.54) is 0 Å². The van der Waals surface area contributed by atoms with Crippen LogP contribution >= 0.6 is 11.6 Å². The second-order valence-corrected chi connectivity index (χ2v) is 4.00. The first kappa shape index (κ1) is 14.3. The van der Waals surface area contributed by atoms with Crippen molar-refractivity contribution in [2.24, 2.45) is 0 Å². The summed E-state index contributed by atoms with van der Waals surface area (Å²) in [6, 6.07) is 9.20. The molecule has 4 nitrogen and oxygen atoms in total. The van der Waals surface area contributed by atoms with Gasteiger partial charge in [-0.3, -0.25) is 4.79 Å². The van der Waals surface area contributed by atoms with Crippen LogP contribution in [0.2, 0.25) is 0 Å². The number of alkyl halides is 1. The third-order valence-corrected chi connectivity index (χ3v) is 2.33. The Hall–Kier alpha value is -1.73. The first-order valence-corrected chi connectivity index (χ1v) is 6.25. The fourth-order valence-corrected chi connectivity index (χ4v) is 1.49. The van der Waals surface area contributed by atoms with Crippen LogP contribution in [0.3, 0.4) is 0 Å². The number of hydrogen-bond acceptors (Lipinski definition) is 3. The van der Waals surface area contributed by atoms with Crippen LogP contribution in [-0.4, -0.2) is 18.4 Å². The van der Waals surface area contributed by atoms with Crippen molar-refractivity contribution in [1.82, 2.24) is 0 Å². The Kier molecular flexibility index (Phi) is 6.67. The summed E-state index contributed by atoms with van der Waals surface area (Å²) < 4.78 is 5.46. The zero-order valence-corrected chi connectivity index (χ0v) is 10.7. The summed E-state index contributed by atoms with van der Waals surface area (Å²) in [5.74, 6) is 0.860. The summed E-state index contributed by atoms with van der Waals surface area (Å²) in [6.45, 7) is 0.493. The smallest absolute Gasteiger partial charge is 0.225 e. The van der Waals surface area contributed by atoms with E-state index in [0.717, 1.165) is 0 Å². The van der Waals surface area contributed by atoms with E-state index >= 15 is 0 Å². The SMILES string of the molecule is N#CCCCOc1cccc(NC(=O)CCCl)c1. The standard InChI is InChI=1S/C13H15ClN2O2/c14-7-6-13(17)16-11-4-3-5-12(10-11)18-9-2-1-8-15/h3-5,10H,1-2,6-7,9H2,(H,16,17). The number of benzene rings is 1. The van der Waals surface area contributed by atoms with Gasteiger partial charge in [-0.25, -0.2) is 0 Å². The van der Waals surface area contributed by atoms with E-state index in [0.29, 0.717) is 36.8 Å². The Balaban J connectivity index is 2.46. The molecular weight excluding hydrogens is 252 g/mol. The molecule has 0 heterocycles. The van der Waals surface area contributed by atoms with Crippen LogP contribution in [0.1, 0.15) is 19.3 Å². The Labute approximate surface area is 112 Å². The highest BCUT2D eigenvalue weighted by atomic mass is 35.5. The molecule has 0 aliphatic carbocycles. The summed E-state index contributed by atoms with van der Waals surface area (Å²) in [4.78, 5) is 11.4. The van der Waals surface area contributed by atoms with Gasteiger partial charge in [0.15, 0.2) is 0 Å². The molecule has 1 N–H and O–H groups in total. The van der Waals surface area contributed by atoms with Gasteiger partial charge in [-0.2, -0.15) is 5.26 Å². The monoisotopic (exact) mass is 266 g/mol. The molecule has 0 aromatic heterocycles. The van der Waals surface area contributed by atoms with Crippen molar-refractivity contribution in [2.45, 2.75) is 19.3 Å². The van der Waals surface area contributed by atoms with Gasteiger partial charge in [-0.05, 0) is 18.6 Å². The normalized spacial score (nSPS) is 9.56. The van der Waals surface area contributed by atoms with Gasteiger partial charge in [0.2, 0.25) is 5.91 Å². The number of unbranched alkanes of at least 4 members (excludes halogenated alkanes) is 1. The lowest BCUT2D eigenvalue weighted by atomic mass is 10.3. The maximum absolute atomic E-state index is 11.4. The maximum atomic E-state index is 11.4. The molecule has 1 aromatic rings. The lowest BCUT2D eigenvalue weighted by Gasteiger charge is -2.08. The predicted octanol–water partition coefficient (Wildman–Crippen LogP) is 2.94. The lowest BCUT2D eigenvalue weighted by Crippen LogP contribution is -2.11. The molecule has 5 heteroatoms. The minimum Gasteiger partial charge on any atom is -0.493 e. The molecule has 1 rings (SSSR count). The zero-order valence-electron chi connectivity index (χ0n) is 9.99. The number of nitrogens with one attached hydrogen (secondary N) is 1. The first-order chi connectivity index (χ1) is 8.76. The number of hydrogen-bond donors (Lipinski definition) is 1. The van der Waals surface area contributed by atoms with Crippen LogP contribution in [-0.2, 0) is 4.79 Å². The van der Waals surface area contributed by atoms with Crippen molar-refractivity contribution in [1.29, 1.82) is 5.26 Å². The second kappa shape index (κ2) is 8.37. The zero-order chi connectivity index (χ0) is 13.2. The molecule has 96 valence electrons. The van der Waals surface area contributed by atoms with Gasteiger partial charge in [-0.15, -0.1) is 11.6 Å². The number of carbonyl (C=O) groups excluding carboxylic acids is 1. The van der Waals surface area contributed by atoms with E-state index in [-0.39, 0.29) is 12.3 Å². The molecule has 0 unspecified atom stereocenters. The third-order valence-electron chi connectivity index (χ3n) is 2.14. The minimum absolute atomic E-state index is 0.119. The Morgan fingerprint density at radius 3 is 3.06 bits per heavy atom. The number of anilines is 1. The molecule has 0 aliphatic heterocycles. The quantitative estimate of drug-likeness (QED) is 0.610. The first-order valence-electron chi connectivity index (χ1n) is 5.72. The number of carbonyl (C=O) groups is 1. The van der Waals surface area contributed by atoms with Gasteiger partial charge in [0.25, 0.3) is 0 Å². The van der Waals surface area contributed by atoms with Crippen LogP contribution in [0, 0.1) is 11.3 Å². The van der Waals surface area contributed by atoms with Crippen molar-refractivity contribution >= 4 is 23.2 Å². The lowest BCUT2D eigenvalue weighted by molar-refractivity contribution is -0.115. The van der Waals surface area contributed by atoms with Crippen LogP contribution < -0.4 is 10.1 Å². The summed E-state index contributed by atoms with van der Waals surface area (Å²) in [7, 11) is 0. The van der Waals surface area contributed by atoms with Crippen LogP contribution in [0.5, 0.6) is 5.75 Å². The highest BCUT2D eigenvalue weighted by molar-refractivity contribution is 6.19. The Morgan fingerprint density at radius 2 is 2.33 bits per heavy atom. The van der Waals surface area contributed by atoms with Crippen LogP contribution in [0.15, 0.2) is 24.3 Å². The number of rotatable bonds is 7. The molecule has 1 aromatic carbocycles. The summed E-state index contributed by atoms with van der Waals surface area (Å²) in [5, 5.41) is 11.1. The van der Waals surface area contributed by atoms with Gasteiger partial charge in [-0.1, -0.05) is 6.07 Å². The second-order valence-electron chi connectivity index (χ2n) is 3.63. The summed E-state index contributed by atoms with van der Waals surface area (Å²) >= 11 is 5.48. The van der Waals surface area contributed by atoms with Gasteiger partial charge in [0.1, 0.15) is 5.75 Å². The molecular formula is C13H15ClN2O2. The molecule has 0 aliphatic rings. The average Bonchev–Trinajstić information content (AvgIpc) is 2.35. The molecule has 0 atom stereocenters. The average molecular weight is 267 g/mol. The van der Waals surface area contributed by atoms with E-state index in [9.17, 15) is 4.79 Å². The number of amides is 1. The topological polar surface area (TPSA) is 62.1 Å². The number of halogens is 1. The fourth-order valence-electron chi connectivity index (χ4n) is 1.31. The molecule has 0 radical (unpaired) electrons. The van der Waals surface area contributed by atoms with Crippen molar-refractivity contribution in [3.63, 3.8) is 0 Å².